The van der Waals surface area contributed by atoms with Gasteiger partial charge in [0.1, 0.15) is 0 Å². The second kappa shape index (κ2) is 12.1. The Morgan fingerprint density at radius 3 is 2.60 bits per heavy atom. The van der Waals surface area contributed by atoms with E-state index in [2.05, 4.69) is 46.5 Å². The van der Waals surface area contributed by atoms with Gasteiger partial charge in [-0.15, -0.1) is 11.3 Å². The molecule has 0 bridgehead atoms. The Morgan fingerprint density at radius 1 is 1.17 bits per heavy atom. The molecule has 1 aliphatic heterocycles. The number of aliphatic hydroxyl groups is 1. The average Bonchev–Trinajstić information content (AvgIpc) is 3.19. The molecule has 3 N–H and O–H groups in total. The number of ether oxygens (including phenoxy) is 1. The van der Waals surface area contributed by atoms with Crippen molar-refractivity contribution in [1.29, 1.82) is 0 Å². The number of guanidine groups is 1. The maximum atomic E-state index is 10.4. The molecule has 1 aromatic heterocycles. The number of nitrogens with one attached hydrogen (secondary N) is 2. The van der Waals surface area contributed by atoms with Crippen LogP contribution >= 0.6 is 11.3 Å². The smallest absolute Gasteiger partial charge is 0.191 e. The third kappa shape index (κ3) is 7.09. The molecule has 0 amide bonds. The van der Waals surface area contributed by atoms with Crippen molar-refractivity contribution in [2.24, 2.45) is 4.99 Å². The first kappa shape index (κ1) is 22.7. The van der Waals surface area contributed by atoms with E-state index in [1.807, 2.05) is 41.7 Å². The summed E-state index contributed by atoms with van der Waals surface area (Å²) >= 11 is 1.85. The van der Waals surface area contributed by atoms with E-state index in [1.165, 1.54) is 9.75 Å². The normalized spacial score (nSPS) is 17.5. The fraction of sp³-hybridized carbons (Fsp3) is 0.522. The van der Waals surface area contributed by atoms with Gasteiger partial charge >= 0.3 is 0 Å². The van der Waals surface area contributed by atoms with Gasteiger partial charge in [-0.05, 0) is 31.5 Å². The Balaban J connectivity index is 1.60. The first-order valence-electron chi connectivity index (χ1n) is 10.8. The van der Waals surface area contributed by atoms with E-state index in [9.17, 15) is 5.11 Å². The summed E-state index contributed by atoms with van der Waals surface area (Å²) < 4.78 is 5.55. The number of aryl methyl sites for hydroxylation is 1. The van der Waals surface area contributed by atoms with Crippen LogP contribution in [0.5, 0.6) is 0 Å². The minimum absolute atomic E-state index is 0.283. The summed E-state index contributed by atoms with van der Waals surface area (Å²) in [6.07, 6.45) is 0.104. The summed E-state index contributed by atoms with van der Waals surface area (Å²) in [5, 5.41) is 17.2. The van der Waals surface area contributed by atoms with Gasteiger partial charge in [0.05, 0.1) is 31.9 Å². The minimum Gasteiger partial charge on any atom is -0.391 e. The van der Waals surface area contributed by atoms with E-state index < -0.39 is 6.10 Å². The zero-order chi connectivity index (χ0) is 21.2. The van der Waals surface area contributed by atoms with Crippen molar-refractivity contribution in [2.45, 2.75) is 32.4 Å². The molecule has 164 valence electrons. The van der Waals surface area contributed by atoms with Gasteiger partial charge in [-0.1, -0.05) is 30.3 Å². The van der Waals surface area contributed by atoms with E-state index in [1.54, 1.807) is 0 Å². The molecule has 3 rings (SSSR count). The van der Waals surface area contributed by atoms with Gasteiger partial charge < -0.3 is 20.5 Å². The van der Waals surface area contributed by atoms with Crippen LogP contribution in [0.3, 0.4) is 0 Å². The lowest BCUT2D eigenvalue weighted by molar-refractivity contribution is 0.0177. The summed E-state index contributed by atoms with van der Waals surface area (Å²) in [5.74, 6) is 0.746. The van der Waals surface area contributed by atoms with Crippen LogP contribution in [0.2, 0.25) is 0 Å². The zero-order valence-electron chi connectivity index (χ0n) is 18.0. The van der Waals surface area contributed by atoms with Crippen molar-refractivity contribution in [3.05, 3.63) is 57.8 Å². The monoisotopic (exact) mass is 430 g/mol. The van der Waals surface area contributed by atoms with E-state index in [-0.39, 0.29) is 6.04 Å². The van der Waals surface area contributed by atoms with Crippen LogP contribution in [0.1, 0.15) is 28.3 Å². The van der Waals surface area contributed by atoms with Gasteiger partial charge in [0.25, 0.3) is 0 Å². The number of nitrogens with zero attached hydrogens (tertiary/aromatic N) is 2. The second-order valence-electron chi connectivity index (χ2n) is 7.56. The lowest BCUT2D eigenvalue weighted by Crippen LogP contribution is -2.46. The Hall–Kier alpha value is -1.93. The molecule has 2 atom stereocenters. The highest BCUT2D eigenvalue weighted by molar-refractivity contribution is 7.12. The van der Waals surface area contributed by atoms with Crippen LogP contribution in [0.25, 0.3) is 0 Å². The van der Waals surface area contributed by atoms with Gasteiger partial charge in [0.15, 0.2) is 5.96 Å². The summed E-state index contributed by atoms with van der Waals surface area (Å²) in [5.41, 5.74) is 1.12. The van der Waals surface area contributed by atoms with Crippen LogP contribution in [0.15, 0.2) is 47.5 Å². The molecular weight excluding hydrogens is 396 g/mol. The maximum Gasteiger partial charge on any atom is 0.191 e. The molecule has 7 heteroatoms. The average molecular weight is 431 g/mol. The largest absolute Gasteiger partial charge is 0.391 e. The van der Waals surface area contributed by atoms with Crippen LogP contribution in [0.4, 0.5) is 0 Å². The van der Waals surface area contributed by atoms with Gasteiger partial charge in [0.2, 0.25) is 0 Å². The van der Waals surface area contributed by atoms with Gasteiger partial charge in [-0.25, -0.2) is 0 Å². The highest BCUT2D eigenvalue weighted by Gasteiger charge is 2.24. The van der Waals surface area contributed by atoms with E-state index in [0.29, 0.717) is 13.0 Å². The Labute approximate surface area is 184 Å². The number of hydrogen-bond donors (Lipinski definition) is 3. The quantitative estimate of drug-likeness (QED) is 0.421. The fourth-order valence-corrected chi connectivity index (χ4v) is 4.63. The van der Waals surface area contributed by atoms with E-state index in [4.69, 9.17) is 4.74 Å². The number of thiophene rings is 1. The summed E-state index contributed by atoms with van der Waals surface area (Å²) in [6.45, 7) is 9.55. The molecular formula is C23H34N4O2S. The fourth-order valence-electron chi connectivity index (χ4n) is 3.61. The number of benzene rings is 1. The third-order valence-corrected chi connectivity index (χ3v) is 6.26. The summed E-state index contributed by atoms with van der Waals surface area (Å²) in [6, 6.07) is 14.7. The summed E-state index contributed by atoms with van der Waals surface area (Å²) in [7, 11) is 0. The molecule has 1 fully saturated rings. The van der Waals surface area contributed by atoms with Crippen molar-refractivity contribution < 1.29 is 9.84 Å². The van der Waals surface area contributed by atoms with Crippen LogP contribution < -0.4 is 10.6 Å². The molecule has 2 aromatic rings. The van der Waals surface area contributed by atoms with Crippen molar-refractivity contribution in [3.8, 4) is 0 Å². The maximum absolute atomic E-state index is 10.4. The first-order chi connectivity index (χ1) is 14.7. The van der Waals surface area contributed by atoms with Gasteiger partial charge in [0, 0.05) is 42.4 Å². The molecule has 2 heterocycles. The SMILES string of the molecule is CCNC(=NCC(O)Cc1ccccc1)NCC(c1ccc(C)s1)N1CCOCC1. The highest BCUT2D eigenvalue weighted by Crippen LogP contribution is 2.27. The molecule has 0 spiro atoms. The van der Waals surface area contributed by atoms with Crippen molar-refractivity contribution >= 4 is 17.3 Å². The van der Waals surface area contributed by atoms with Crippen molar-refractivity contribution in [3.63, 3.8) is 0 Å². The Morgan fingerprint density at radius 2 is 1.93 bits per heavy atom. The van der Waals surface area contributed by atoms with Crippen LogP contribution in [0, 0.1) is 6.92 Å². The number of aliphatic hydroxyl groups excluding tert-OH is 1. The molecule has 30 heavy (non-hydrogen) atoms. The minimum atomic E-state index is -0.502. The molecule has 1 saturated heterocycles. The molecule has 0 saturated carbocycles. The number of aliphatic imine (C=N–C) groups is 1. The molecule has 1 aliphatic rings. The van der Waals surface area contributed by atoms with E-state index in [0.717, 1.165) is 50.9 Å². The predicted molar refractivity (Wildman–Crippen MR) is 124 cm³/mol. The molecule has 1 aromatic carbocycles. The predicted octanol–water partition coefficient (Wildman–Crippen LogP) is 2.59. The van der Waals surface area contributed by atoms with Gasteiger partial charge in [-0.2, -0.15) is 0 Å². The van der Waals surface area contributed by atoms with Crippen LogP contribution in [-0.2, 0) is 11.2 Å². The highest BCUT2D eigenvalue weighted by atomic mass is 32.1. The topological polar surface area (TPSA) is 69.1 Å². The summed E-state index contributed by atoms with van der Waals surface area (Å²) in [4.78, 5) is 9.80. The number of morpholine rings is 1. The lowest BCUT2D eigenvalue weighted by atomic mass is 10.1. The first-order valence-corrected chi connectivity index (χ1v) is 11.6. The van der Waals surface area contributed by atoms with Gasteiger partial charge in [-0.3, -0.25) is 9.89 Å². The Kier molecular flexibility index (Phi) is 9.14. The zero-order valence-corrected chi connectivity index (χ0v) is 18.8. The Bertz CT molecular complexity index is 775. The van der Waals surface area contributed by atoms with Crippen LogP contribution in [-0.4, -0.2) is 68.0 Å². The second-order valence-corrected chi connectivity index (χ2v) is 8.88. The molecule has 0 aliphatic carbocycles. The lowest BCUT2D eigenvalue weighted by Gasteiger charge is -2.34. The van der Waals surface area contributed by atoms with Crippen molar-refractivity contribution in [2.75, 3.05) is 45.9 Å². The van der Waals surface area contributed by atoms with E-state index >= 15 is 0 Å². The molecule has 6 nitrogen and oxygen atoms in total. The standard InChI is InChI=1S/C23H34N4O2S/c1-3-24-23(25-16-20(28)15-19-7-5-4-6-8-19)26-17-21(22-10-9-18(2)30-22)27-11-13-29-14-12-27/h4-10,20-21,28H,3,11-17H2,1-2H3,(H2,24,25,26). The molecule has 0 radical (unpaired) electrons. The van der Waals surface area contributed by atoms with Crippen molar-refractivity contribution in [1.82, 2.24) is 15.5 Å². The number of rotatable bonds is 9. The third-order valence-electron chi connectivity index (χ3n) is 5.16. The molecule has 2 unspecified atom stereocenters. The number of hydrogen-bond acceptors (Lipinski definition) is 5.